The summed E-state index contributed by atoms with van der Waals surface area (Å²) in [5, 5.41) is 20.5. The Kier molecular flexibility index (Phi) is 4.91. The number of carbonyl (C=O) groups is 3. The second-order valence-electron chi connectivity index (χ2n) is 5.30. The average Bonchev–Trinajstić information content (AvgIpc) is 2.33. The quantitative estimate of drug-likeness (QED) is 0.784. The van der Waals surface area contributed by atoms with Crippen molar-refractivity contribution in [3.63, 3.8) is 0 Å². The van der Waals surface area contributed by atoms with Gasteiger partial charge in [0, 0.05) is 12.1 Å². The predicted octanol–water partition coefficient (Wildman–Crippen LogP) is 2.11. The molecule has 21 heavy (non-hydrogen) atoms. The van der Waals surface area contributed by atoms with E-state index >= 15 is 0 Å². The summed E-state index contributed by atoms with van der Waals surface area (Å²) in [5.74, 6) is -2.53. The van der Waals surface area contributed by atoms with E-state index in [0.29, 0.717) is 0 Å². The molecule has 0 radical (unpaired) electrons. The Bertz CT molecular complexity index is 541. The molecule has 114 valence electrons. The van der Waals surface area contributed by atoms with Crippen LogP contribution in [0.1, 0.15) is 47.1 Å². The lowest BCUT2D eigenvalue weighted by molar-refractivity contribution is 0.0518. The number of rotatable bonds is 4. The summed E-state index contributed by atoms with van der Waals surface area (Å²) in [6, 6.07) is 3.89. The van der Waals surface area contributed by atoms with Gasteiger partial charge in [-0.2, -0.15) is 0 Å². The van der Waals surface area contributed by atoms with Crippen molar-refractivity contribution in [3.05, 3.63) is 34.9 Å². The van der Waals surface area contributed by atoms with Gasteiger partial charge >= 0.3 is 18.0 Å². The average molecular weight is 295 g/mol. The summed E-state index contributed by atoms with van der Waals surface area (Å²) >= 11 is 0. The van der Waals surface area contributed by atoms with Crippen LogP contribution < -0.4 is 5.32 Å². The van der Waals surface area contributed by atoms with Gasteiger partial charge in [-0.15, -0.1) is 0 Å². The fourth-order valence-electron chi connectivity index (χ4n) is 1.65. The maximum absolute atomic E-state index is 11.6. The minimum atomic E-state index is -1.26. The van der Waals surface area contributed by atoms with E-state index in [4.69, 9.17) is 14.9 Å². The van der Waals surface area contributed by atoms with Gasteiger partial charge in [0.15, 0.2) is 0 Å². The van der Waals surface area contributed by atoms with Crippen molar-refractivity contribution in [2.45, 2.75) is 32.9 Å². The SMILES string of the molecule is CC(C)(C)OC(=O)NCc1c(C(=O)O)cccc1C(=O)O. The highest BCUT2D eigenvalue weighted by molar-refractivity contribution is 5.96. The molecule has 0 unspecified atom stereocenters. The summed E-state index contributed by atoms with van der Waals surface area (Å²) in [7, 11) is 0. The van der Waals surface area contributed by atoms with Gasteiger partial charge in [-0.3, -0.25) is 0 Å². The zero-order valence-corrected chi connectivity index (χ0v) is 12.0. The number of carbonyl (C=O) groups excluding carboxylic acids is 1. The number of carboxylic acids is 2. The van der Waals surface area contributed by atoms with Gasteiger partial charge in [-0.05, 0) is 32.9 Å². The molecule has 0 heterocycles. The zero-order chi connectivity index (χ0) is 16.2. The monoisotopic (exact) mass is 295 g/mol. The molecule has 0 aliphatic carbocycles. The molecule has 0 aliphatic rings. The summed E-state index contributed by atoms with van der Waals surface area (Å²) < 4.78 is 5.02. The van der Waals surface area contributed by atoms with Crippen LogP contribution in [0.4, 0.5) is 4.79 Å². The molecule has 0 spiro atoms. The van der Waals surface area contributed by atoms with E-state index in [1.54, 1.807) is 20.8 Å². The Morgan fingerprint density at radius 3 is 1.95 bits per heavy atom. The maximum atomic E-state index is 11.6. The molecule has 7 heteroatoms. The summed E-state index contributed by atoms with van der Waals surface area (Å²) in [5.41, 5.74) is -1.04. The van der Waals surface area contributed by atoms with Gasteiger partial charge in [0.25, 0.3) is 0 Å². The van der Waals surface area contributed by atoms with E-state index in [9.17, 15) is 14.4 Å². The van der Waals surface area contributed by atoms with Gasteiger partial charge in [-0.25, -0.2) is 14.4 Å². The van der Waals surface area contributed by atoms with E-state index < -0.39 is 23.6 Å². The summed E-state index contributed by atoms with van der Waals surface area (Å²) in [4.78, 5) is 33.8. The van der Waals surface area contributed by atoms with E-state index in [1.165, 1.54) is 18.2 Å². The van der Waals surface area contributed by atoms with Crippen molar-refractivity contribution in [3.8, 4) is 0 Å². The van der Waals surface area contributed by atoms with Gasteiger partial charge in [0.1, 0.15) is 5.60 Å². The number of hydrogen-bond donors (Lipinski definition) is 3. The molecule has 1 aromatic rings. The Hall–Kier alpha value is -2.57. The van der Waals surface area contributed by atoms with Crippen molar-refractivity contribution >= 4 is 18.0 Å². The summed E-state index contributed by atoms with van der Waals surface area (Å²) in [6.07, 6.45) is -0.751. The molecule has 7 nitrogen and oxygen atoms in total. The second kappa shape index (κ2) is 6.25. The van der Waals surface area contributed by atoms with Crippen LogP contribution >= 0.6 is 0 Å². The highest BCUT2D eigenvalue weighted by Crippen LogP contribution is 2.16. The standard InChI is InChI=1S/C14H17NO6/c1-14(2,3)21-13(20)15-7-10-8(11(16)17)5-4-6-9(10)12(18)19/h4-6H,7H2,1-3H3,(H,15,20)(H,16,17)(H,18,19). The normalized spacial score (nSPS) is 10.8. The fraction of sp³-hybridized carbons (Fsp3) is 0.357. The molecule has 1 amide bonds. The third-order valence-electron chi connectivity index (χ3n) is 2.45. The Morgan fingerprint density at radius 1 is 1.10 bits per heavy atom. The third kappa shape index (κ3) is 4.79. The van der Waals surface area contributed by atoms with Crippen LogP contribution in [-0.2, 0) is 11.3 Å². The molecule has 0 saturated carbocycles. The molecule has 1 rings (SSSR count). The number of benzene rings is 1. The van der Waals surface area contributed by atoms with Crippen molar-refractivity contribution in [1.29, 1.82) is 0 Å². The minimum Gasteiger partial charge on any atom is -0.478 e. The molecule has 1 aromatic carbocycles. The lowest BCUT2D eigenvalue weighted by atomic mass is 10.0. The Balaban J connectivity index is 2.98. The van der Waals surface area contributed by atoms with Crippen molar-refractivity contribution in [2.24, 2.45) is 0 Å². The first-order valence-electron chi connectivity index (χ1n) is 6.17. The van der Waals surface area contributed by atoms with Crippen LogP contribution in [0.25, 0.3) is 0 Å². The first kappa shape index (κ1) is 16.5. The number of hydrogen-bond acceptors (Lipinski definition) is 4. The minimum absolute atomic E-state index is 0.0170. The van der Waals surface area contributed by atoms with E-state index in [-0.39, 0.29) is 23.2 Å². The lowest BCUT2D eigenvalue weighted by Crippen LogP contribution is -2.33. The Labute approximate surface area is 121 Å². The van der Waals surface area contributed by atoms with Crippen LogP contribution in [-0.4, -0.2) is 33.8 Å². The smallest absolute Gasteiger partial charge is 0.407 e. The Morgan fingerprint density at radius 2 is 1.57 bits per heavy atom. The number of ether oxygens (including phenoxy) is 1. The molecule has 0 aromatic heterocycles. The first-order valence-corrected chi connectivity index (χ1v) is 6.17. The number of nitrogens with one attached hydrogen (secondary N) is 1. The lowest BCUT2D eigenvalue weighted by Gasteiger charge is -2.20. The molecule has 0 atom stereocenters. The largest absolute Gasteiger partial charge is 0.478 e. The van der Waals surface area contributed by atoms with Crippen molar-refractivity contribution < 1.29 is 29.3 Å². The number of carboxylic acid groups (broad SMARTS) is 2. The molecule has 0 bridgehead atoms. The molecule has 0 saturated heterocycles. The van der Waals surface area contributed by atoms with Crippen LogP contribution in [0.15, 0.2) is 18.2 Å². The van der Waals surface area contributed by atoms with E-state index in [2.05, 4.69) is 5.32 Å². The first-order chi connectivity index (χ1) is 9.61. The molecule has 0 aliphatic heterocycles. The fourth-order valence-corrected chi connectivity index (χ4v) is 1.65. The van der Waals surface area contributed by atoms with Gasteiger partial charge in [0.2, 0.25) is 0 Å². The van der Waals surface area contributed by atoms with Crippen LogP contribution in [0.2, 0.25) is 0 Å². The van der Waals surface area contributed by atoms with Gasteiger partial charge in [-0.1, -0.05) is 6.07 Å². The highest BCUT2D eigenvalue weighted by Gasteiger charge is 2.20. The molecular formula is C14H17NO6. The van der Waals surface area contributed by atoms with Crippen LogP contribution in [0, 0.1) is 0 Å². The topological polar surface area (TPSA) is 113 Å². The second-order valence-corrected chi connectivity index (χ2v) is 5.30. The third-order valence-corrected chi connectivity index (χ3v) is 2.45. The van der Waals surface area contributed by atoms with Crippen molar-refractivity contribution in [2.75, 3.05) is 0 Å². The van der Waals surface area contributed by atoms with E-state index in [0.717, 1.165) is 0 Å². The maximum Gasteiger partial charge on any atom is 0.407 e. The molecule has 0 fully saturated rings. The summed E-state index contributed by atoms with van der Waals surface area (Å²) in [6.45, 7) is 4.79. The number of aromatic carboxylic acids is 2. The van der Waals surface area contributed by atoms with Gasteiger partial charge < -0.3 is 20.3 Å². The molecule has 3 N–H and O–H groups in total. The highest BCUT2D eigenvalue weighted by atomic mass is 16.6. The van der Waals surface area contributed by atoms with Crippen molar-refractivity contribution in [1.82, 2.24) is 5.32 Å². The van der Waals surface area contributed by atoms with Gasteiger partial charge in [0.05, 0.1) is 11.1 Å². The number of alkyl carbamates (subject to hydrolysis) is 1. The zero-order valence-electron chi connectivity index (χ0n) is 12.0. The van der Waals surface area contributed by atoms with Crippen LogP contribution in [0.5, 0.6) is 0 Å². The number of amides is 1. The van der Waals surface area contributed by atoms with Crippen LogP contribution in [0.3, 0.4) is 0 Å². The molecular weight excluding hydrogens is 278 g/mol. The predicted molar refractivity (Wildman–Crippen MR) is 73.4 cm³/mol. The van der Waals surface area contributed by atoms with E-state index in [1.807, 2.05) is 0 Å².